The lowest BCUT2D eigenvalue weighted by molar-refractivity contribution is -0.126. The van der Waals surface area contributed by atoms with Crippen molar-refractivity contribution in [2.24, 2.45) is 5.92 Å². The molecule has 2 atom stereocenters. The summed E-state index contributed by atoms with van der Waals surface area (Å²) in [6.45, 7) is 4.99. The van der Waals surface area contributed by atoms with Crippen LogP contribution in [0.5, 0.6) is 0 Å². The van der Waals surface area contributed by atoms with Crippen molar-refractivity contribution in [1.29, 1.82) is 0 Å². The number of likely N-dealkylation sites (tertiary alicyclic amines) is 1. The molecule has 2 fully saturated rings. The van der Waals surface area contributed by atoms with E-state index < -0.39 is 0 Å². The highest BCUT2D eigenvalue weighted by Crippen LogP contribution is 2.27. The average Bonchev–Trinajstić information content (AvgIpc) is 3.40. The van der Waals surface area contributed by atoms with Crippen LogP contribution < -0.4 is 10.2 Å². The maximum atomic E-state index is 12.8. The summed E-state index contributed by atoms with van der Waals surface area (Å²) in [6.07, 6.45) is 5.55. The Bertz CT molecular complexity index is 826. The molecule has 6 nitrogen and oxygen atoms in total. The van der Waals surface area contributed by atoms with Gasteiger partial charge in [0.1, 0.15) is 5.76 Å². The molecule has 0 unspecified atom stereocenters. The van der Waals surface area contributed by atoms with Crippen LogP contribution in [0.1, 0.15) is 43.0 Å². The van der Waals surface area contributed by atoms with Crippen molar-refractivity contribution < 1.29 is 14.0 Å². The first-order valence-corrected chi connectivity index (χ1v) is 10.5. The fraction of sp³-hybridized carbons (Fsp3) is 0.478. The molecule has 1 aromatic carbocycles. The second-order valence-corrected chi connectivity index (χ2v) is 8.11. The molecule has 4 rings (SSSR count). The van der Waals surface area contributed by atoms with E-state index in [4.69, 9.17) is 4.42 Å². The van der Waals surface area contributed by atoms with Crippen LogP contribution in [0.4, 0.5) is 5.69 Å². The molecule has 0 aliphatic carbocycles. The van der Waals surface area contributed by atoms with Gasteiger partial charge in [0.15, 0.2) is 0 Å². The number of benzene rings is 1. The highest BCUT2D eigenvalue weighted by molar-refractivity contribution is 6.00. The number of hydrogen-bond acceptors (Lipinski definition) is 4. The summed E-state index contributed by atoms with van der Waals surface area (Å²) in [5.74, 6) is 0.521. The van der Waals surface area contributed by atoms with Gasteiger partial charge in [-0.05, 0) is 57.1 Å². The normalized spacial score (nSPS) is 21.3. The molecule has 2 aromatic rings. The van der Waals surface area contributed by atoms with Gasteiger partial charge in [0.2, 0.25) is 11.8 Å². The lowest BCUT2D eigenvalue weighted by Crippen LogP contribution is -2.42. The van der Waals surface area contributed by atoms with Crippen LogP contribution in [-0.2, 0) is 9.59 Å². The fourth-order valence-corrected chi connectivity index (χ4v) is 4.32. The van der Waals surface area contributed by atoms with Gasteiger partial charge in [0.25, 0.3) is 0 Å². The number of nitrogens with one attached hydrogen (secondary N) is 1. The molecule has 0 spiro atoms. The number of carbonyl (C=O) groups is 2. The van der Waals surface area contributed by atoms with Gasteiger partial charge < -0.3 is 14.6 Å². The van der Waals surface area contributed by atoms with E-state index in [-0.39, 0.29) is 30.2 Å². The number of amides is 2. The van der Waals surface area contributed by atoms with Crippen molar-refractivity contribution >= 4 is 17.5 Å². The monoisotopic (exact) mass is 395 g/mol. The quantitative estimate of drug-likeness (QED) is 0.815. The number of aryl methyl sites for hydroxylation is 1. The van der Waals surface area contributed by atoms with Gasteiger partial charge in [-0.25, -0.2) is 0 Å². The summed E-state index contributed by atoms with van der Waals surface area (Å²) in [5.41, 5.74) is 2.01. The summed E-state index contributed by atoms with van der Waals surface area (Å²) in [4.78, 5) is 29.4. The largest absolute Gasteiger partial charge is 0.468 e. The third-order valence-corrected chi connectivity index (χ3v) is 6.01. The minimum Gasteiger partial charge on any atom is -0.468 e. The van der Waals surface area contributed by atoms with Crippen LogP contribution in [0.3, 0.4) is 0 Å². The van der Waals surface area contributed by atoms with Crippen LogP contribution in [0.15, 0.2) is 47.1 Å². The maximum absolute atomic E-state index is 12.8. The highest BCUT2D eigenvalue weighted by Gasteiger charge is 2.35. The molecular formula is C23H29N3O3. The van der Waals surface area contributed by atoms with Gasteiger partial charge >= 0.3 is 0 Å². The zero-order chi connectivity index (χ0) is 20.2. The molecule has 2 saturated heterocycles. The number of rotatable bonds is 6. The van der Waals surface area contributed by atoms with Crippen molar-refractivity contribution in [3.63, 3.8) is 0 Å². The Balaban J connectivity index is 1.38. The maximum Gasteiger partial charge on any atom is 0.227 e. The zero-order valence-corrected chi connectivity index (χ0v) is 17.0. The third kappa shape index (κ3) is 4.53. The van der Waals surface area contributed by atoms with Crippen molar-refractivity contribution in [3.05, 3.63) is 54.0 Å². The molecule has 0 bridgehead atoms. The Kier molecular flexibility index (Phi) is 6.00. The van der Waals surface area contributed by atoms with Gasteiger partial charge in [-0.2, -0.15) is 0 Å². The molecule has 1 aromatic heterocycles. The molecular weight excluding hydrogens is 366 g/mol. The van der Waals surface area contributed by atoms with Crippen LogP contribution in [0.2, 0.25) is 0 Å². The summed E-state index contributed by atoms with van der Waals surface area (Å²) in [5, 5.41) is 3.09. The van der Waals surface area contributed by atoms with Crippen molar-refractivity contribution in [2.75, 3.05) is 31.1 Å². The molecule has 0 saturated carbocycles. The standard InChI is InChI=1S/C23H29N3O3/c1-17-7-9-19(10-8-17)26-16-18(14-22(26)27)23(28)24-15-20(21-6-5-13-29-21)25-11-3-2-4-12-25/h5-10,13,18,20H,2-4,11-12,14-16H2,1H3,(H,24,28)/t18-,20-/m1/s1. The van der Waals surface area contributed by atoms with Crippen LogP contribution >= 0.6 is 0 Å². The Morgan fingerprint density at radius 1 is 1.17 bits per heavy atom. The van der Waals surface area contributed by atoms with E-state index in [0.29, 0.717) is 13.1 Å². The summed E-state index contributed by atoms with van der Waals surface area (Å²) in [7, 11) is 0. The average molecular weight is 396 g/mol. The number of hydrogen-bond donors (Lipinski definition) is 1. The molecule has 0 radical (unpaired) electrons. The number of piperidine rings is 1. The highest BCUT2D eigenvalue weighted by atomic mass is 16.3. The lowest BCUT2D eigenvalue weighted by atomic mass is 10.1. The molecule has 1 N–H and O–H groups in total. The van der Waals surface area contributed by atoms with Crippen LogP contribution in [-0.4, -0.2) is 42.9 Å². The molecule has 154 valence electrons. The van der Waals surface area contributed by atoms with E-state index in [0.717, 1.165) is 30.1 Å². The van der Waals surface area contributed by atoms with E-state index >= 15 is 0 Å². The SMILES string of the molecule is Cc1ccc(N2C[C@H](C(=O)NC[C@H](c3ccco3)N3CCCCC3)CC2=O)cc1. The first-order chi connectivity index (χ1) is 14.1. The van der Waals surface area contributed by atoms with Crippen LogP contribution in [0, 0.1) is 12.8 Å². The van der Waals surface area contributed by atoms with Gasteiger partial charge in [-0.3, -0.25) is 14.5 Å². The van der Waals surface area contributed by atoms with E-state index in [9.17, 15) is 9.59 Å². The number of anilines is 1. The van der Waals surface area contributed by atoms with E-state index in [2.05, 4.69) is 10.2 Å². The van der Waals surface area contributed by atoms with Crippen molar-refractivity contribution in [3.8, 4) is 0 Å². The van der Waals surface area contributed by atoms with Crippen LogP contribution in [0.25, 0.3) is 0 Å². The minimum absolute atomic E-state index is 0.00705. The summed E-state index contributed by atoms with van der Waals surface area (Å²) >= 11 is 0. The molecule has 29 heavy (non-hydrogen) atoms. The molecule has 3 heterocycles. The molecule has 2 amide bonds. The lowest BCUT2D eigenvalue weighted by Gasteiger charge is -2.33. The van der Waals surface area contributed by atoms with Crippen molar-refractivity contribution in [1.82, 2.24) is 10.2 Å². The predicted molar refractivity (Wildman–Crippen MR) is 112 cm³/mol. The molecule has 6 heteroatoms. The van der Waals surface area contributed by atoms with Gasteiger partial charge in [0, 0.05) is 25.2 Å². The van der Waals surface area contributed by atoms with E-state index in [1.165, 1.54) is 19.3 Å². The number of carbonyl (C=O) groups excluding carboxylic acids is 2. The summed E-state index contributed by atoms with van der Waals surface area (Å²) in [6, 6.07) is 11.8. The first-order valence-electron chi connectivity index (χ1n) is 10.5. The zero-order valence-electron chi connectivity index (χ0n) is 17.0. The van der Waals surface area contributed by atoms with Gasteiger partial charge in [-0.1, -0.05) is 24.1 Å². The Morgan fingerprint density at radius 2 is 1.93 bits per heavy atom. The van der Waals surface area contributed by atoms with E-state index in [1.54, 1.807) is 11.2 Å². The first kappa shape index (κ1) is 19.7. The third-order valence-electron chi connectivity index (χ3n) is 6.01. The van der Waals surface area contributed by atoms with Gasteiger partial charge in [0.05, 0.1) is 18.2 Å². The Hall–Kier alpha value is -2.60. The Morgan fingerprint density at radius 3 is 2.62 bits per heavy atom. The molecule has 2 aliphatic rings. The van der Waals surface area contributed by atoms with Crippen molar-refractivity contribution in [2.45, 2.75) is 38.6 Å². The fourth-order valence-electron chi connectivity index (χ4n) is 4.32. The Labute approximate surface area is 171 Å². The molecule has 2 aliphatic heterocycles. The summed E-state index contributed by atoms with van der Waals surface area (Å²) < 4.78 is 5.65. The second-order valence-electron chi connectivity index (χ2n) is 8.11. The second kappa shape index (κ2) is 8.82. The predicted octanol–water partition coefficient (Wildman–Crippen LogP) is 3.28. The number of nitrogens with zero attached hydrogens (tertiary/aromatic N) is 2. The van der Waals surface area contributed by atoms with Gasteiger partial charge in [-0.15, -0.1) is 0 Å². The van der Waals surface area contributed by atoms with E-state index in [1.807, 2.05) is 43.3 Å². The number of furan rings is 1. The minimum atomic E-state index is -0.317. The smallest absolute Gasteiger partial charge is 0.227 e. The topological polar surface area (TPSA) is 65.8 Å².